The van der Waals surface area contributed by atoms with Crippen LogP contribution in [0, 0.1) is 11.6 Å². The molecule has 0 aliphatic carbocycles. The molecule has 1 heterocycles. The van der Waals surface area contributed by atoms with E-state index in [4.69, 9.17) is 4.74 Å². The van der Waals surface area contributed by atoms with E-state index in [1.807, 2.05) is 0 Å². The maximum Gasteiger partial charge on any atom is 0.323 e. The van der Waals surface area contributed by atoms with Crippen molar-refractivity contribution in [2.45, 2.75) is 18.6 Å². The molecule has 0 radical (unpaired) electrons. The largest absolute Gasteiger partial charge is 0.486 e. The van der Waals surface area contributed by atoms with E-state index in [-0.39, 0.29) is 17.8 Å². The number of esters is 1. The third-order valence-electron chi connectivity index (χ3n) is 2.76. The highest BCUT2D eigenvalue weighted by atomic mass is 19.1. The number of ether oxygens (including phenoxy) is 2. The molecule has 1 aromatic carbocycles. The van der Waals surface area contributed by atoms with E-state index in [0.717, 1.165) is 18.2 Å². The van der Waals surface area contributed by atoms with Crippen LogP contribution in [0.25, 0.3) is 0 Å². The molecule has 0 saturated carbocycles. The molecule has 2 atom stereocenters. The number of rotatable bonds is 3. The van der Waals surface area contributed by atoms with Gasteiger partial charge in [-0.25, -0.2) is 8.78 Å². The van der Waals surface area contributed by atoms with E-state index in [2.05, 4.69) is 10.1 Å². The summed E-state index contributed by atoms with van der Waals surface area (Å²) >= 11 is 0. The molecule has 0 spiro atoms. The maximum absolute atomic E-state index is 13.3. The number of hydrogen-bond donors (Lipinski definition) is 1. The van der Waals surface area contributed by atoms with E-state index in [1.165, 1.54) is 7.11 Å². The lowest BCUT2D eigenvalue weighted by atomic mass is 10.2. The first kappa shape index (κ1) is 12.8. The summed E-state index contributed by atoms with van der Waals surface area (Å²) in [4.78, 5) is 11.3. The summed E-state index contributed by atoms with van der Waals surface area (Å²) in [6.07, 6.45) is -0.0202. The Balaban J connectivity index is 1.99. The summed E-state index contributed by atoms with van der Waals surface area (Å²) in [5, 5.41) is 2.90. The van der Waals surface area contributed by atoms with Crippen molar-refractivity contribution < 1.29 is 23.0 Å². The minimum Gasteiger partial charge on any atom is -0.486 e. The van der Waals surface area contributed by atoms with Gasteiger partial charge in [-0.3, -0.25) is 4.79 Å². The summed E-state index contributed by atoms with van der Waals surface area (Å²) in [5.41, 5.74) is 0. The van der Waals surface area contributed by atoms with Gasteiger partial charge < -0.3 is 14.8 Å². The zero-order chi connectivity index (χ0) is 13.1. The van der Waals surface area contributed by atoms with E-state index >= 15 is 0 Å². The van der Waals surface area contributed by atoms with Crippen LogP contribution in [0.2, 0.25) is 0 Å². The average Bonchev–Trinajstić information content (AvgIpc) is 2.81. The van der Waals surface area contributed by atoms with E-state index < -0.39 is 17.7 Å². The number of benzene rings is 1. The van der Waals surface area contributed by atoms with Gasteiger partial charge in [0, 0.05) is 19.0 Å². The molecule has 0 amide bonds. The predicted molar refractivity (Wildman–Crippen MR) is 59.2 cm³/mol. The number of methoxy groups -OCH3 is 1. The molecule has 1 aromatic rings. The van der Waals surface area contributed by atoms with Gasteiger partial charge >= 0.3 is 5.97 Å². The lowest BCUT2D eigenvalue weighted by Gasteiger charge is -2.13. The van der Waals surface area contributed by atoms with Crippen LogP contribution in [0.1, 0.15) is 6.42 Å². The molecule has 0 bridgehead atoms. The fraction of sp³-hybridized carbons (Fsp3) is 0.417. The van der Waals surface area contributed by atoms with Crippen molar-refractivity contribution in [3.05, 3.63) is 29.8 Å². The van der Waals surface area contributed by atoms with Gasteiger partial charge in [-0.1, -0.05) is 0 Å². The molecular formula is C12H13F2NO3. The molecule has 6 heteroatoms. The number of carbonyl (C=O) groups is 1. The van der Waals surface area contributed by atoms with Crippen LogP contribution < -0.4 is 10.1 Å². The Hall–Kier alpha value is -1.69. The molecule has 1 N–H and O–H groups in total. The van der Waals surface area contributed by atoms with E-state index in [1.54, 1.807) is 0 Å². The molecule has 1 aliphatic rings. The third kappa shape index (κ3) is 2.76. The molecule has 0 aromatic heterocycles. The van der Waals surface area contributed by atoms with Crippen molar-refractivity contribution in [3.63, 3.8) is 0 Å². The normalized spacial score (nSPS) is 22.8. The zero-order valence-corrected chi connectivity index (χ0v) is 9.78. The summed E-state index contributed by atoms with van der Waals surface area (Å²) in [6, 6.07) is 2.55. The lowest BCUT2D eigenvalue weighted by Crippen LogP contribution is -2.31. The standard InChI is InChI=1S/C12H13F2NO3/c1-17-12(16)10-5-8(6-15-10)18-11-4-7(13)2-3-9(11)14/h2-4,8,10,15H,5-6H2,1H3/t8?,10-/m0/s1. The number of carbonyl (C=O) groups excluding carboxylic acids is 1. The molecule has 4 nitrogen and oxygen atoms in total. The predicted octanol–water partition coefficient (Wildman–Crippen LogP) is 1.25. The number of nitrogens with one attached hydrogen (secondary N) is 1. The van der Waals surface area contributed by atoms with Gasteiger partial charge in [-0.05, 0) is 12.1 Å². The third-order valence-corrected chi connectivity index (χ3v) is 2.76. The van der Waals surface area contributed by atoms with Crippen LogP contribution in [0.4, 0.5) is 8.78 Å². The summed E-state index contributed by atoms with van der Waals surface area (Å²) in [5.74, 6) is -1.73. The second-order valence-corrected chi connectivity index (χ2v) is 4.03. The Morgan fingerprint density at radius 3 is 2.94 bits per heavy atom. The highest BCUT2D eigenvalue weighted by Gasteiger charge is 2.31. The Morgan fingerprint density at radius 2 is 2.22 bits per heavy atom. The summed E-state index contributed by atoms with van der Waals surface area (Å²) < 4.78 is 36.2. The quantitative estimate of drug-likeness (QED) is 0.828. The fourth-order valence-electron chi connectivity index (χ4n) is 1.86. The van der Waals surface area contributed by atoms with Crippen LogP contribution in [-0.4, -0.2) is 31.8 Å². The van der Waals surface area contributed by atoms with Gasteiger partial charge in [0.25, 0.3) is 0 Å². The summed E-state index contributed by atoms with van der Waals surface area (Å²) in [7, 11) is 1.30. The molecule has 1 fully saturated rings. The molecular weight excluding hydrogens is 244 g/mol. The Bertz CT molecular complexity index is 453. The highest BCUT2D eigenvalue weighted by molar-refractivity contribution is 5.76. The van der Waals surface area contributed by atoms with Crippen molar-refractivity contribution >= 4 is 5.97 Å². The van der Waals surface area contributed by atoms with Crippen molar-refractivity contribution in [3.8, 4) is 5.75 Å². The second kappa shape index (κ2) is 5.30. The van der Waals surface area contributed by atoms with Crippen molar-refractivity contribution in [1.82, 2.24) is 5.32 Å². The zero-order valence-electron chi connectivity index (χ0n) is 9.78. The van der Waals surface area contributed by atoms with Crippen LogP contribution in [0.3, 0.4) is 0 Å². The van der Waals surface area contributed by atoms with Crippen LogP contribution >= 0.6 is 0 Å². The average molecular weight is 257 g/mol. The topological polar surface area (TPSA) is 47.6 Å². The van der Waals surface area contributed by atoms with Crippen molar-refractivity contribution in [1.29, 1.82) is 0 Å². The van der Waals surface area contributed by atoms with Crippen LogP contribution in [0.15, 0.2) is 18.2 Å². The first-order valence-corrected chi connectivity index (χ1v) is 5.53. The second-order valence-electron chi connectivity index (χ2n) is 4.03. The minimum atomic E-state index is -0.627. The number of hydrogen-bond acceptors (Lipinski definition) is 4. The van der Waals surface area contributed by atoms with Gasteiger partial charge in [-0.2, -0.15) is 0 Å². The van der Waals surface area contributed by atoms with Gasteiger partial charge in [0.05, 0.1) is 7.11 Å². The highest BCUT2D eigenvalue weighted by Crippen LogP contribution is 2.22. The first-order chi connectivity index (χ1) is 8.60. The Labute approximate surface area is 103 Å². The van der Waals surface area contributed by atoms with Gasteiger partial charge in [0.2, 0.25) is 0 Å². The van der Waals surface area contributed by atoms with Crippen LogP contribution in [0.5, 0.6) is 5.75 Å². The lowest BCUT2D eigenvalue weighted by molar-refractivity contribution is -0.142. The van der Waals surface area contributed by atoms with E-state index in [9.17, 15) is 13.6 Å². The van der Waals surface area contributed by atoms with Gasteiger partial charge in [0.1, 0.15) is 18.0 Å². The fourth-order valence-corrected chi connectivity index (χ4v) is 1.86. The van der Waals surface area contributed by atoms with Gasteiger partial charge in [0.15, 0.2) is 11.6 Å². The van der Waals surface area contributed by atoms with Crippen molar-refractivity contribution in [2.75, 3.05) is 13.7 Å². The SMILES string of the molecule is COC(=O)[C@@H]1CC(Oc2cc(F)ccc2F)CN1. The molecule has 98 valence electrons. The monoisotopic (exact) mass is 257 g/mol. The smallest absolute Gasteiger partial charge is 0.323 e. The molecule has 2 rings (SSSR count). The van der Waals surface area contributed by atoms with Gasteiger partial charge in [-0.15, -0.1) is 0 Å². The molecule has 18 heavy (non-hydrogen) atoms. The first-order valence-electron chi connectivity index (χ1n) is 5.53. The molecule has 1 unspecified atom stereocenters. The molecule has 1 aliphatic heterocycles. The maximum atomic E-state index is 13.3. The van der Waals surface area contributed by atoms with Crippen LogP contribution in [-0.2, 0) is 9.53 Å². The molecule has 1 saturated heterocycles. The Kier molecular flexibility index (Phi) is 3.76. The number of halogens is 2. The minimum absolute atomic E-state index is 0.146. The summed E-state index contributed by atoms with van der Waals surface area (Å²) in [6.45, 7) is 0.385. The van der Waals surface area contributed by atoms with Crippen molar-refractivity contribution in [2.24, 2.45) is 0 Å². The Morgan fingerprint density at radius 1 is 1.44 bits per heavy atom. The van der Waals surface area contributed by atoms with E-state index in [0.29, 0.717) is 13.0 Å².